The van der Waals surface area contributed by atoms with Crippen LogP contribution in [0.3, 0.4) is 0 Å². The summed E-state index contributed by atoms with van der Waals surface area (Å²) in [4.78, 5) is 44.4. The summed E-state index contributed by atoms with van der Waals surface area (Å²) in [7, 11) is 1.68. The van der Waals surface area contributed by atoms with Crippen LogP contribution in [-0.2, 0) is 14.3 Å². The lowest BCUT2D eigenvalue weighted by Gasteiger charge is -2.29. The minimum atomic E-state index is -0.612. The number of thiazole rings is 1. The monoisotopic (exact) mass is 444 g/mol. The fraction of sp³-hybridized carbons (Fsp3) is 0.455. The number of hydrogen-bond acceptors (Lipinski definition) is 6. The van der Waals surface area contributed by atoms with E-state index in [-0.39, 0.29) is 11.8 Å². The fourth-order valence-electron chi connectivity index (χ4n) is 3.36. The Kier molecular flexibility index (Phi) is 6.64. The van der Waals surface area contributed by atoms with Crippen molar-refractivity contribution < 1.29 is 19.1 Å². The van der Waals surface area contributed by atoms with Crippen molar-refractivity contribution >= 4 is 40.1 Å². The first-order chi connectivity index (χ1) is 14.5. The number of carbonyl (C=O) groups excluding carboxylic acids is 3. The number of carbonyl (C=O) groups is 3. The van der Waals surface area contributed by atoms with Crippen LogP contribution in [0.15, 0.2) is 29.6 Å². The van der Waals surface area contributed by atoms with Crippen molar-refractivity contribution in [3.63, 3.8) is 0 Å². The van der Waals surface area contributed by atoms with Crippen molar-refractivity contribution in [3.05, 3.63) is 29.6 Å². The predicted molar refractivity (Wildman–Crippen MR) is 121 cm³/mol. The molecule has 0 saturated carbocycles. The summed E-state index contributed by atoms with van der Waals surface area (Å²) in [6.45, 7) is 7.39. The number of ether oxygens (including phenoxy) is 1. The SMILES string of the molecule is CC(=O)Nc1ccc(-c2csc(N(C)C(=O)[C@@H]3CCCN3C(=O)OC(C)(C)C)n2)cc1. The highest BCUT2D eigenvalue weighted by Gasteiger charge is 2.38. The first-order valence-electron chi connectivity index (χ1n) is 10.2. The van der Waals surface area contributed by atoms with Crippen molar-refractivity contribution in [2.24, 2.45) is 0 Å². The summed E-state index contributed by atoms with van der Waals surface area (Å²) >= 11 is 1.36. The highest BCUT2D eigenvalue weighted by molar-refractivity contribution is 7.14. The van der Waals surface area contributed by atoms with Crippen LogP contribution in [0.4, 0.5) is 15.6 Å². The second-order valence-electron chi connectivity index (χ2n) is 8.50. The number of rotatable bonds is 4. The van der Waals surface area contributed by atoms with E-state index in [9.17, 15) is 14.4 Å². The van der Waals surface area contributed by atoms with Crippen LogP contribution in [0.1, 0.15) is 40.5 Å². The molecule has 0 radical (unpaired) electrons. The van der Waals surface area contributed by atoms with Gasteiger partial charge in [0.05, 0.1) is 5.69 Å². The maximum atomic E-state index is 13.1. The van der Waals surface area contributed by atoms with Gasteiger partial charge in [-0.25, -0.2) is 9.78 Å². The van der Waals surface area contributed by atoms with Gasteiger partial charge in [-0.05, 0) is 45.7 Å². The van der Waals surface area contributed by atoms with E-state index in [1.165, 1.54) is 28.1 Å². The van der Waals surface area contributed by atoms with Gasteiger partial charge in [-0.15, -0.1) is 11.3 Å². The smallest absolute Gasteiger partial charge is 0.410 e. The highest BCUT2D eigenvalue weighted by Crippen LogP contribution is 2.30. The van der Waals surface area contributed by atoms with E-state index in [0.717, 1.165) is 17.7 Å². The molecule has 1 aromatic carbocycles. The number of hydrogen-bond donors (Lipinski definition) is 1. The van der Waals surface area contributed by atoms with Gasteiger partial charge in [0.15, 0.2) is 5.13 Å². The first kappa shape index (κ1) is 22.7. The molecule has 31 heavy (non-hydrogen) atoms. The molecule has 1 aliphatic heterocycles. The van der Waals surface area contributed by atoms with Gasteiger partial charge in [0, 0.05) is 37.1 Å². The zero-order chi connectivity index (χ0) is 22.8. The molecule has 1 fully saturated rings. The maximum absolute atomic E-state index is 13.1. The second kappa shape index (κ2) is 9.05. The Morgan fingerprint density at radius 1 is 1.23 bits per heavy atom. The van der Waals surface area contributed by atoms with E-state index in [1.54, 1.807) is 7.05 Å². The number of likely N-dealkylation sites (N-methyl/N-ethyl adjacent to an activating group) is 1. The average molecular weight is 445 g/mol. The number of anilines is 2. The zero-order valence-corrected chi connectivity index (χ0v) is 19.3. The molecule has 1 aliphatic rings. The van der Waals surface area contributed by atoms with Crippen molar-refractivity contribution in [1.82, 2.24) is 9.88 Å². The van der Waals surface area contributed by atoms with Gasteiger partial charge in [-0.3, -0.25) is 19.4 Å². The summed E-state index contributed by atoms with van der Waals surface area (Å²) in [5.74, 6) is -0.304. The normalized spacial score (nSPS) is 16.2. The van der Waals surface area contributed by atoms with E-state index in [2.05, 4.69) is 10.3 Å². The Morgan fingerprint density at radius 3 is 2.52 bits per heavy atom. The van der Waals surface area contributed by atoms with Crippen LogP contribution in [0.2, 0.25) is 0 Å². The summed E-state index contributed by atoms with van der Waals surface area (Å²) in [6.07, 6.45) is 0.897. The van der Waals surface area contributed by atoms with Gasteiger partial charge in [0.2, 0.25) is 5.91 Å². The lowest BCUT2D eigenvalue weighted by atomic mass is 10.1. The molecular formula is C22H28N4O4S. The number of aromatic nitrogens is 1. The minimum Gasteiger partial charge on any atom is -0.444 e. The molecule has 3 amide bonds. The minimum absolute atomic E-state index is 0.129. The van der Waals surface area contributed by atoms with Gasteiger partial charge in [-0.2, -0.15) is 0 Å². The maximum Gasteiger partial charge on any atom is 0.410 e. The third-order valence-electron chi connectivity index (χ3n) is 4.78. The molecule has 8 nitrogen and oxygen atoms in total. The highest BCUT2D eigenvalue weighted by atomic mass is 32.1. The van der Waals surface area contributed by atoms with E-state index >= 15 is 0 Å². The van der Waals surface area contributed by atoms with E-state index in [4.69, 9.17) is 4.74 Å². The lowest BCUT2D eigenvalue weighted by Crippen LogP contribution is -2.48. The summed E-state index contributed by atoms with van der Waals surface area (Å²) in [6, 6.07) is 6.80. The van der Waals surface area contributed by atoms with Gasteiger partial charge in [-0.1, -0.05) is 12.1 Å². The molecule has 0 unspecified atom stereocenters. The quantitative estimate of drug-likeness (QED) is 0.766. The summed E-state index contributed by atoms with van der Waals surface area (Å²) in [5.41, 5.74) is 1.72. The summed E-state index contributed by atoms with van der Waals surface area (Å²) in [5, 5.41) is 5.17. The number of likely N-dealkylation sites (tertiary alicyclic amines) is 1. The number of benzene rings is 1. The van der Waals surface area contributed by atoms with Crippen molar-refractivity contribution in [3.8, 4) is 11.3 Å². The molecule has 9 heteroatoms. The molecular weight excluding hydrogens is 416 g/mol. The molecule has 0 aliphatic carbocycles. The topological polar surface area (TPSA) is 91.8 Å². The number of amides is 3. The van der Waals surface area contributed by atoms with Crippen LogP contribution in [0, 0.1) is 0 Å². The first-order valence-corrected chi connectivity index (χ1v) is 11.0. The molecule has 3 rings (SSSR count). The van der Waals surface area contributed by atoms with Gasteiger partial charge >= 0.3 is 6.09 Å². The third kappa shape index (κ3) is 5.61. The van der Waals surface area contributed by atoms with Crippen LogP contribution in [0.5, 0.6) is 0 Å². The van der Waals surface area contributed by atoms with Crippen molar-refractivity contribution in [2.45, 2.75) is 52.2 Å². The largest absolute Gasteiger partial charge is 0.444 e. The molecule has 1 saturated heterocycles. The van der Waals surface area contributed by atoms with Gasteiger partial charge in [0.25, 0.3) is 5.91 Å². The van der Waals surface area contributed by atoms with Crippen LogP contribution in [0.25, 0.3) is 11.3 Å². The van der Waals surface area contributed by atoms with E-state index < -0.39 is 17.7 Å². The average Bonchev–Trinajstić information content (AvgIpc) is 3.35. The van der Waals surface area contributed by atoms with Gasteiger partial charge in [0.1, 0.15) is 11.6 Å². The van der Waals surface area contributed by atoms with Crippen LogP contribution in [-0.4, -0.2) is 53.0 Å². The molecule has 1 atom stereocenters. The van der Waals surface area contributed by atoms with Crippen molar-refractivity contribution in [2.75, 3.05) is 23.8 Å². The Hall–Kier alpha value is -2.94. The molecule has 0 bridgehead atoms. The Morgan fingerprint density at radius 2 is 1.90 bits per heavy atom. The Bertz CT molecular complexity index is 965. The van der Waals surface area contributed by atoms with E-state index in [0.29, 0.717) is 23.8 Å². The third-order valence-corrected chi connectivity index (χ3v) is 5.69. The second-order valence-corrected chi connectivity index (χ2v) is 9.34. The number of nitrogens with one attached hydrogen (secondary N) is 1. The lowest BCUT2D eigenvalue weighted by molar-refractivity contribution is -0.122. The summed E-state index contributed by atoms with van der Waals surface area (Å²) < 4.78 is 5.46. The molecule has 2 aromatic rings. The van der Waals surface area contributed by atoms with E-state index in [1.807, 2.05) is 50.4 Å². The van der Waals surface area contributed by atoms with Gasteiger partial charge < -0.3 is 10.1 Å². The molecule has 0 spiro atoms. The molecule has 1 N–H and O–H groups in total. The number of nitrogens with zero attached hydrogens (tertiary/aromatic N) is 3. The standard InChI is InChI=1S/C22H28N4O4S/c1-14(27)23-16-10-8-15(9-11-16)17-13-31-20(24-17)25(5)19(28)18-7-6-12-26(18)21(29)30-22(2,3)4/h8-11,13,18H,6-7,12H2,1-5H3,(H,23,27)/t18-/m0/s1. The Balaban J connectivity index is 1.71. The van der Waals surface area contributed by atoms with Crippen LogP contribution >= 0.6 is 11.3 Å². The molecule has 2 heterocycles. The predicted octanol–water partition coefficient (Wildman–Crippen LogP) is 4.13. The molecule has 166 valence electrons. The van der Waals surface area contributed by atoms with Crippen molar-refractivity contribution in [1.29, 1.82) is 0 Å². The Labute approximate surface area is 186 Å². The van der Waals surface area contributed by atoms with Crippen LogP contribution < -0.4 is 10.2 Å². The molecule has 1 aromatic heterocycles. The fourth-order valence-corrected chi connectivity index (χ4v) is 4.16. The zero-order valence-electron chi connectivity index (χ0n) is 18.5.